The molecule has 3 rings (SSSR count). The van der Waals surface area contributed by atoms with Gasteiger partial charge in [0.2, 0.25) is 0 Å². The van der Waals surface area contributed by atoms with Gasteiger partial charge < -0.3 is 0 Å². The van der Waals surface area contributed by atoms with Gasteiger partial charge in [0, 0.05) is 5.69 Å². The molecule has 6 nitrogen and oxygen atoms in total. The number of nitrogens with one attached hydrogen (secondary N) is 2. The number of H-pyrrole nitrogens is 1. The molecule has 2 aromatic carbocycles. The SMILES string of the molecule is Cc1[nH]n(-c2ccccc2)c(=O)c1/C=N\NC(=O)c1ccccc1F. The van der Waals surface area contributed by atoms with Crippen molar-refractivity contribution in [3.63, 3.8) is 0 Å². The first-order valence-electron chi connectivity index (χ1n) is 7.53. The number of halogens is 1. The van der Waals surface area contributed by atoms with Gasteiger partial charge in [0.05, 0.1) is 23.0 Å². The molecule has 7 heteroatoms. The van der Waals surface area contributed by atoms with Crippen molar-refractivity contribution >= 4 is 12.1 Å². The van der Waals surface area contributed by atoms with E-state index in [4.69, 9.17) is 0 Å². The van der Waals surface area contributed by atoms with Gasteiger partial charge in [0.15, 0.2) is 0 Å². The summed E-state index contributed by atoms with van der Waals surface area (Å²) >= 11 is 0. The highest BCUT2D eigenvalue weighted by Crippen LogP contribution is 2.07. The Morgan fingerprint density at radius 1 is 1.16 bits per heavy atom. The van der Waals surface area contributed by atoms with E-state index < -0.39 is 11.7 Å². The number of hydrogen-bond donors (Lipinski definition) is 2. The topological polar surface area (TPSA) is 79.2 Å². The van der Waals surface area contributed by atoms with Crippen LogP contribution in [-0.4, -0.2) is 21.9 Å². The Bertz CT molecular complexity index is 990. The summed E-state index contributed by atoms with van der Waals surface area (Å²) in [7, 11) is 0. The zero-order chi connectivity index (χ0) is 17.8. The summed E-state index contributed by atoms with van der Waals surface area (Å²) in [4.78, 5) is 24.4. The number of aryl methyl sites for hydroxylation is 1. The van der Waals surface area contributed by atoms with Crippen molar-refractivity contribution in [3.05, 3.63) is 87.6 Å². The highest BCUT2D eigenvalue weighted by molar-refractivity contribution is 5.95. The number of aromatic nitrogens is 2. The third-order valence-corrected chi connectivity index (χ3v) is 3.61. The van der Waals surface area contributed by atoms with Crippen LogP contribution in [0.2, 0.25) is 0 Å². The van der Waals surface area contributed by atoms with Crippen LogP contribution in [0.25, 0.3) is 5.69 Å². The van der Waals surface area contributed by atoms with Gasteiger partial charge in [-0.15, -0.1) is 0 Å². The molecule has 0 saturated carbocycles. The minimum atomic E-state index is -0.689. The first-order chi connectivity index (χ1) is 12.1. The van der Waals surface area contributed by atoms with E-state index in [0.29, 0.717) is 16.9 Å². The first kappa shape index (κ1) is 16.4. The van der Waals surface area contributed by atoms with Crippen LogP contribution < -0.4 is 11.0 Å². The van der Waals surface area contributed by atoms with E-state index in [1.165, 1.54) is 29.1 Å². The number of nitrogens with zero attached hydrogens (tertiary/aromatic N) is 2. The molecule has 0 radical (unpaired) electrons. The van der Waals surface area contributed by atoms with Gasteiger partial charge in [-0.3, -0.25) is 14.7 Å². The van der Waals surface area contributed by atoms with Crippen LogP contribution in [0.1, 0.15) is 21.6 Å². The lowest BCUT2D eigenvalue weighted by molar-refractivity contribution is 0.0951. The van der Waals surface area contributed by atoms with Crippen molar-refractivity contribution < 1.29 is 9.18 Å². The predicted molar refractivity (Wildman–Crippen MR) is 92.6 cm³/mol. The molecule has 1 aromatic heterocycles. The first-order valence-corrected chi connectivity index (χ1v) is 7.53. The Kier molecular flexibility index (Phi) is 4.56. The summed E-state index contributed by atoms with van der Waals surface area (Å²) in [5.41, 5.74) is 3.39. The maximum Gasteiger partial charge on any atom is 0.280 e. The number of aromatic amines is 1. The Hall–Kier alpha value is -3.48. The molecule has 25 heavy (non-hydrogen) atoms. The van der Waals surface area contributed by atoms with Crippen molar-refractivity contribution in [2.45, 2.75) is 6.92 Å². The molecule has 1 heterocycles. The monoisotopic (exact) mass is 338 g/mol. The molecular formula is C18H15FN4O2. The number of benzene rings is 2. The lowest BCUT2D eigenvalue weighted by Crippen LogP contribution is -2.21. The average Bonchev–Trinajstić information content (AvgIpc) is 2.91. The van der Waals surface area contributed by atoms with Crippen LogP contribution in [0.4, 0.5) is 4.39 Å². The Labute approximate surface area is 142 Å². The highest BCUT2D eigenvalue weighted by Gasteiger charge is 2.12. The zero-order valence-corrected chi connectivity index (χ0v) is 13.4. The average molecular weight is 338 g/mol. The second kappa shape index (κ2) is 6.96. The molecule has 0 fully saturated rings. The van der Waals surface area contributed by atoms with Gasteiger partial charge >= 0.3 is 0 Å². The number of rotatable bonds is 4. The number of para-hydroxylation sites is 1. The molecule has 0 aliphatic carbocycles. The largest absolute Gasteiger partial charge is 0.295 e. The number of carbonyl (C=O) groups is 1. The molecular weight excluding hydrogens is 323 g/mol. The third-order valence-electron chi connectivity index (χ3n) is 3.61. The maximum atomic E-state index is 13.5. The van der Waals surface area contributed by atoms with Gasteiger partial charge in [-0.2, -0.15) is 5.10 Å². The third kappa shape index (κ3) is 3.40. The lowest BCUT2D eigenvalue weighted by atomic mass is 10.2. The summed E-state index contributed by atoms with van der Waals surface area (Å²) in [6.45, 7) is 1.72. The molecule has 1 amide bonds. The van der Waals surface area contributed by atoms with Crippen LogP contribution in [0.3, 0.4) is 0 Å². The standard InChI is InChI=1S/C18H15FN4O2/c1-12-15(18(25)23(22-12)13-7-3-2-4-8-13)11-20-21-17(24)14-9-5-6-10-16(14)19/h2-11,22H,1H3,(H,21,24)/b20-11-. The fourth-order valence-electron chi connectivity index (χ4n) is 2.33. The van der Waals surface area contributed by atoms with Crippen LogP contribution in [0.15, 0.2) is 64.5 Å². The van der Waals surface area contributed by atoms with E-state index in [2.05, 4.69) is 15.6 Å². The Balaban J connectivity index is 1.81. The van der Waals surface area contributed by atoms with E-state index in [9.17, 15) is 14.0 Å². The molecule has 3 aromatic rings. The normalized spacial score (nSPS) is 11.0. The summed E-state index contributed by atoms with van der Waals surface area (Å²) in [6, 6.07) is 14.7. The van der Waals surface area contributed by atoms with Crippen LogP contribution in [0.5, 0.6) is 0 Å². The number of hydrazone groups is 1. The van der Waals surface area contributed by atoms with Crippen LogP contribution in [0, 0.1) is 12.7 Å². The maximum absolute atomic E-state index is 13.5. The number of carbonyl (C=O) groups excluding carboxylic acids is 1. The smallest absolute Gasteiger partial charge is 0.280 e. The van der Waals surface area contributed by atoms with E-state index in [1.54, 1.807) is 25.1 Å². The lowest BCUT2D eigenvalue weighted by Gasteiger charge is -2.00. The van der Waals surface area contributed by atoms with E-state index in [0.717, 1.165) is 0 Å². The van der Waals surface area contributed by atoms with E-state index >= 15 is 0 Å². The molecule has 0 unspecified atom stereocenters. The predicted octanol–water partition coefficient (Wildman–Crippen LogP) is 2.38. The molecule has 0 aliphatic rings. The summed E-state index contributed by atoms with van der Waals surface area (Å²) in [5, 5.41) is 6.71. The van der Waals surface area contributed by atoms with Gasteiger partial charge in [-0.1, -0.05) is 30.3 Å². The van der Waals surface area contributed by atoms with Crippen molar-refractivity contribution in [2.75, 3.05) is 0 Å². The second-order valence-corrected chi connectivity index (χ2v) is 5.31. The van der Waals surface area contributed by atoms with E-state index in [1.807, 2.05) is 18.2 Å². The van der Waals surface area contributed by atoms with Crippen molar-refractivity contribution in [2.24, 2.45) is 5.10 Å². The molecule has 2 N–H and O–H groups in total. The number of hydrogen-bond acceptors (Lipinski definition) is 3. The summed E-state index contributed by atoms with van der Waals surface area (Å²) in [5.74, 6) is -1.33. The highest BCUT2D eigenvalue weighted by atomic mass is 19.1. The second-order valence-electron chi connectivity index (χ2n) is 5.31. The Morgan fingerprint density at radius 2 is 1.84 bits per heavy atom. The molecule has 0 atom stereocenters. The minimum absolute atomic E-state index is 0.118. The van der Waals surface area contributed by atoms with Crippen molar-refractivity contribution in [1.82, 2.24) is 15.2 Å². The molecule has 0 bridgehead atoms. The van der Waals surface area contributed by atoms with Gasteiger partial charge in [-0.25, -0.2) is 14.5 Å². The van der Waals surface area contributed by atoms with Gasteiger partial charge in [-0.05, 0) is 31.2 Å². The van der Waals surface area contributed by atoms with Crippen LogP contribution in [-0.2, 0) is 0 Å². The van der Waals surface area contributed by atoms with Gasteiger partial charge in [0.25, 0.3) is 11.5 Å². The fourth-order valence-corrected chi connectivity index (χ4v) is 2.33. The molecule has 0 saturated heterocycles. The zero-order valence-electron chi connectivity index (χ0n) is 13.4. The molecule has 0 aliphatic heterocycles. The Morgan fingerprint density at radius 3 is 2.56 bits per heavy atom. The summed E-state index contributed by atoms with van der Waals surface area (Å²) in [6.07, 6.45) is 1.24. The quantitative estimate of drug-likeness (QED) is 0.566. The van der Waals surface area contributed by atoms with Crippen molar-refractivity contribution in [3.8, 4) is 5.69 Å². The fraction of sp³-hybridized carbons (Fsp3) is 0.0556. The van der Waals surface area contributed by atoms with E-state index in [-0.39, 0.29) is 11.1 Å². The van der Waals surface area contributed by atoms with Crippen LogP contribution >= 0.6 is 0 Å². The van der Waals surface area contributed by atoms with Crippen molar-refractivity contribution in [1.29, 1.82) is 0 Å². The minimum Gasteiger partial charge on any atom is -0.295 e. The summed E-state index contributed by atoms with van der Waals surface area (Å²) < 4.78 is 14.9. The molecule has 126 valence electrons. The van der Waals surface area contributed by atoms with Gasteiger partial charge in [0.1, 0.15) is 5.82 Å². The number of amides is 1. The molecule has 0 spiro atoms.